The second-order valence-corrected chi connectivity index (χ2v) is 10.7. The first kappa shape index (κ1) is 29.6. The van der Waals surface area contributed by atoms with Gasteiger partial charge in [0, 0.05) is 36.8 Å². The quantitative estimate of drug-likeness (QED) is 0.280. The number of rotatable bonds is 6. The molecule has 1 aliphatic rings. The van der Waals surface area contributed by atoms with Gasteiger partial charge in [-0.05, 0) is 51.3 Å². The Morgan fingerprint density at radius 2 is 1.83 bits per heavy atom. The van der Waals surface area contributed by atoms with Gasteiger partial charge in [-0.2, -0.15) is 17.7 Å². The molecular formula is C29H30ClF3N7O2+. The summed E-state index contributed by atoms with van der Waals surface area (Å²) in [5.41, 5.74) is 2.01. The molecule has 13 heteroatoms. The Labute approximate surface area is 245 Å². The van der Waals surface area contributed by atoms with E-state index in [0.717, 1.165) is 10.3 Å². The van der Waals surface area contributed by atoms with E-state index >= 15 is 0 Å². The van der Waals surface area contributed by atoms with E-state index in [1.54, 1.807) is 43.1 Å². The van der Waals surface area contributed by atoms with Crippen molar-refractivity contribution in [2.45, 2.75) is 58.5 Å². The highest BCUT2D eigenvalue weighted by molar-refractivity contribution is 6.31. The zero-order valence-corrected chi connectivity index (χ0v) is 24.4. The average Bonchev–Trinajstić information content (AvgIpc) is 3.42. The molecule has 1 fully saturated rings. The normalized spacial score (nSPS) is 14.4. The number of amides is 1. The van der Waals surface area contributed by atoms with Gasteiger partial charge in [0.05, 0.1) is 34.1 Å². The van der Waals surface area contributed by atoms with Gasteiger partial charge in [-0.15, -0.1) is 10.2 Å². The molecule has 9 nitrogen and oxygen atoms in total. The SMILES string of the molecule is CCc1ccc(-c2nnc(-c3c(C)nc(C)nc3C3CCN(C(=O)Cc4ncccc4Cl)CC3)o2)[n+](C)c1C(F)(F)F. The summed E-state index contributed by atoms with van der Waals surface area (Å²) >= 11 is 6.19. The largest absolute Gasteiger partial charge is 0.477 e. The minimum atomic E-state index is -4.55. The van der Waals surface area contributed by atoms with Crippen molar-refractivity contribution in [3.8, 4) is 23.0 Å². The first-order valence-corrected chi connectivity index (χ1v) is 14.0. The fourth-order valence-corrected chi connectivity index (χ4v) is 5.70. The number of hydrogen-bond acceptors (Lipinski definition) is 7. The Kier molecular flexibility index (Phi) is 8.27. The lowest BCUT2D eigenvalue weighted by Crippen LogP contribution is -2.41. The van der Waals surface area contributed by atoms with Gasteiger partial charge in [-0.25, -0.2) is 9.97 Å². The van der Waals surface area contributed by atoms with Crippen molar-refractivity contribution in [1.82, 2.24) is 30.0 Å². The van der Waals surface area contributed by atoms with E-state index < -0.39 is 11.9 Å². The number of carbonyl (C=O) groups is 1. The molecule has 42 heavy (non-hydrogen) atoms. The van der Waals surface area contributed by atoms with Gasteiger partial charge in [0.25, 0.3) is 17.3 Å². The highest BCUT2D eigenvalue weighted by atomic mass is 35.5. The van der Waals surface area contributed by atoms with Crippen molar-refractivity contribution >= 4 is 17.5 Å². The molecule has 0 aromatic carbocycles. The molecule has 0 aliphatic carbocycles. The average molecular weight is 601 g/mol. The van der Waals surface area contributed by atoms with Crippen LogP contribution >= 0.6 is 11.6 Å². The van der Waals surface area contributed by atoms with Gasteiger partial charge in [0.2, 0.25) is 5.91 Å². The van der Waals surface area contributed by atoms with E-state index in [0.29, 0.717) is 53.7 Å². The molecule has 5 heterocycles. The minimum absolute atomic E-state index is 0.0185. The Morgan fingerprint density at radius 1 is 1.12 bits per heavy atom. The Hall–Kier alpha value is -3.93. The summed E-state index contributed by atoms with van der Waals surface area (Å²) in [6.07, 6.45) is -1.29. The maximum atomic E-state index is 13.9. The lowest BCUT2D eigenvalue weighted by molar-refractivity contribution is -0.681. The minimum Gasteiger partial charge on any atom is -0.411 e. The van der Waals surface area contributed by atoms with Gasteiger partial charge in [0.15, 0.2) is 0 Å². The third-order valence-corrected chi connectivity index (χ3v) is 7.91. The molecule has 0 bridgehead atoms. The number of carbonyl (C=O) groups excluding carboxylic acids is 1. The van der Waals surface area contributed by atoms with Crippen molar-refractivity contribution in [3.63, 3.8) is 0 Å². The monoisotopic (exact) mass is 600 g/mol. The van der Waals surface area contributed by atoms with Gasteiger partial charge < -0.3 is 9.32 Å². The van der Waals surface area contributed by atoms with Crippen molar-refractivity contribution in [3.05, 3.63) is 69.6 Å². The van der Waals surface area contributed by atoms with Crippen LogP contribution in [0.2, 0.25) is 5.02 Å². The molecular weight excluding hydrogens is 571 g/mol. The van der Waals surface area contributed by atoms with E-state index in [9.17, 15) is 18.0 Å². The number of aromatic nitrogens is 6. The third-order valence-electron chi connectivity index (χ3n) is 7.57. The van der Waals surface area contributed by atoms with Crippen LogP contribution in [-0.2, 0) is 30.9 Å². The number of likely N-dealkylation sites (tertiary alicyclic amines) is 1. The molecule has 1 amide bonds. The van der Waals surface area contributed by atoms with Crippen LogP contribution in [0.1, 0.15) is 59.8 Å². The highest BCUT2D eigenvalue weighted by Gasteiger charge is 2.44. The lowest BCUT2D eigenvalue weighted by atomic mass is 9.89. The molecule has 0 radical (unpaired) electrons. The molecule has 4 aromatic heterocycles. The number of alkyl halides is 3. The summed E-state index contributed by atoms with van der Waals surface area (Å²) in [4.78, 5) is 28.2. The van der Waals surface area contributed by atoms with E-state index in [2.05, 4.69) is 20.2 Å². The molecule has 1 aliphatic heterocycles. The molecule has 0 spiro atoms. The molecule has 4 aromatic rings. The molecule has 0 atom stereocenters. The molecule has 5 rings (SSSR count). The van der Waals surface area contributed by atoms with Crippen molar-refractivity contribution in [1.29, 1.82) is 0 Å². The van der Waals surface area contributed by atoms with Crippen LogP contribution < -0.4 is 4.57 Å². The maximum Gasteiger partial charge on any atom is 0.477 e. The Morgan fingerprint density at radius 3 is 2.50 bits per heavy atom. The summed E-state index contributed by atoms with van der Waals surface area (Å²) < 4.78 is 48.7. The van der Waals surface area contributed by atoms with Crippen molar-refractivity contribution in [2.24, 2.45) is 7.05 Å². The van der Waals surface area contributed by atoms with E-state index in [4.69, 9.17) is 21.0 Å². The van der Waals surface area contributed by atoms with Crippen LogP contribution in [0.4, 0.5) is 13.2 Å². The number of piperidine rings is 1. The predicted molar refractivity (Wildman–Crippen MR) is 147 cm³/mol. The number of halogens is 4. The van der Waals surface area contributed by atoms with Crippen LogP contribution in [0, 0.1) is 13.8 Å². The van der Waals surface area contributed by atoms with E-state index in [1.807, 2.05) is 6.92 Å². The highest BCUT2D eigenvalue weighted by Crippen LogP contribution is 2.37. The predicted octanol–water partition coefficient (Wildman–Crippen LogP) is 5.21. The molecule has 0 N–H and O–H groups in total. The third kappa shape index (κ3) is 5.85. The maximum absolute atomic E-state index is 13.9. The first-order chi connectivity index (χ1) is 20.0. The second kappa shape index (κ2) is 11.7. The summed E-state index contributed by atoms with van der Waals surface area (Å²) in [6, 6.07) is 6.42. The zero-order valence-electron chi connectivity index (χ0n) is 23.7. The fourth-order valence-electron chi connectivity index (χ4n) is 5.51. The van der Waals surface area contributed by atoms with E-state index in [1.165, 1.54) is 13.1 Å². The molecule has 0 unspecified atom stereocenters. The summed E-state index contributed by atoms with van der Waals surface area (Å²) in [5.74, 6) is 0.598. The summed E-state index contributed by atoms with van der Waals surface area (Å²) in [5, 5.41) is 8.77. The lowest BCUT2D eigenvalue weighted by Gasteiger charge is -2.32. The fraction of sp³-hybridized carbons (Fsp3) is 0.414. The topological polar surface area (TPSA) is 102 Å². The smallest absolute Gasteiger partial charge is 0.411 e. The molecule has 1 saturated heterocycles. The van der Waals surface area contributed by atoms with Crippen molar-refractivity contribution in [2.75, 3.05) is 13.1 Å². The van der Waals surface area contributed by atoms with Gasteiger partial charge in [0.1, 0.15) is 12.9 Å². The number of aryl methyl sites for hydroxylation is 3. The Balaban J connectivity index is 1.41. The van der Waals surface area contributed by atoms with Crippen LogP contribution in [-0.4, -0.2) is 49.0 Å². The Bertz CT molecular complexity index is 1630. The van der Waals surface area contributed by atoms with Crippen LogP contribution in [0.25, 0.3) is 23.0 Å². The van der Waals surface area contributed by atoms with Gasteiger partial charge >= 0.3 is 12.1 Å². The molecule has 0 saturated carbocycles. The van der Waals surface area contributed by atoms with Crippen molar-refractivity contribution < 1.29 is 27.0 Å². The van der Waals surface area contributed by atoms with Crippen LogP contribution in [0.15, 0.2) is 34.9 Å². The summed E-state index contributed by atoms with van der Waals surface area (Å²) in [6.45, 7) is 6.31. The number of pyridine rings is 2. The first-order valence-electron chi connectivity index (χ1n) is 13.6. The number of hydrogen-bond donors (Lipinski definition) is 0. The van der Waals surface area contributed by atoms with Gasteiger partial charge in [-0.3, -0.25) is 9.78 Å². The van der Waals surface area contributed by atoms with E-state index in [-0.39, 0.29) is 47.7 Å². The standard InChI is InChI=1S/C29H30ClF3N7O2/c1-5-18-8-9-22(39(4)26(18)29(31,32)33)27-37-38-28(42-27)24-16(2)35-17(3)36-25(24)19-10-13-40(14-11-19)23(41)15-21-20(30)7-6-12-34-21/h6-9,12,19H,5,10-11,13-15H2,1-4H3/q+1. The zero-order chi connectivity index (χ0) is 30.2. The molecule has 220 valence electrons. The van der Waals surface area contributed by atoms with Crippen LogP contribution in [0.3, 0.4) is 0 Å². The van der Waals surface area contributed by atoms with Gasteiger partial charge in [-0.1, -0.05) is 18.5 Å². The number of nitrogens with zero attached hydrogens (tertiary/aromatic N) is 7. The summed E-state index contributed by atoms with van der Waals surface area (Å²) in [7, 11) is 1.34. The second-order valence-electron chi connectivity index (χ2n) is 10.3. The van der Waals surface area contributed by atoms with Crippen LogP contribution in [0.5, 0.6) is 0 Å².